The number of rotatable bonds is 8. The van der Waals surface area contributed by atoms with Gasteiger partial charge >= 0.3 is 5.97 Å². The van der Waals surface area contributed by atoms with Crippen LogP contribution in [0.5, 0.6) is 5.75 Å². The number of ether oxygens (including phenoxy) is 2. The number of hydrogen-bond donors (Lipinski definition) is 1. The number of piperidine rings is 1. The van der Waals surface area contributed by atoms with Crippen molar-refractivity contribution < 1.29 is 19.1 Å². The number of anilines is 2. The van der Waals surface area contributed by atoms with Gasteiger partial charge in [0.05, 0.1) is 6.61 Å². The fourth-order valence-electron chi connectivity index (χ4n) is 3.35. The van der Waals surface area contributed by atoms with Crippen LogP contribution in [0.25, 0.3) is 6.08 Å². The smallest absolute Gasteiger partial charge is 0.331 e. The normalized spacial score (nSPS) is 13.8. The van der Waals surface area contributed by atoms with Crippen LogP contribution in [-0.2, 0) is 14.3 Å². The molecule has 6 heteroatoms. The summed E-state index contributed by atoms with van der Waals surface area (Å²) in [6, 6.07) is 15.1. The Hall–Kier alpha value is -3.28. The molecule has 1 aliphatic heterocycles. The molecular weight excluding hydrogens is 380 g/mol. The number of nitrogens with zero attached hydrogens (tertiary/aromatic N) is 1. The second kappa shape index (κ2) is 11.0. The molecule has 0 saturated carbocycles. The van der Waals surface area contributed by atoms with Gasteiger partial charge in [0.1, 0.15) is 5.75 Å². The number of esters is 1. The number of para-hydroxylation sites is 1. The van der Waals surface area contributed by atoms with Gasteiger partial charge in [0.25, 0.3) is 5.91 Å². The van der Waals surface area contributed by atoms with E-state index in [1.54, 1.807) is 6.08 Å². The van der Waals surface area contributed by atoms with Crippen molar-refractivity contribution in [2.45, 2.75) is 26.2 Å². The Bertz CT molecular complexity index is 871. The highest BCUT2D eigenvalue weighted by molar-refractivity contribution is 5.94. The van der Waals surface area contributed by atoms with Crippen LogP contribution in [0.2, 0.25) is 0 Å². The van der Waals surface area contributed by atoms with Crippen LogP contribution in [-0.4, -0.2) is 38.2 Å². The summed E-state index contributed by atoms with van der Waals surface area (Å²) in [5.74, 6) is -0.274. The van der Waals surface area contributed by atoms with Crippen molar-refractivity contribution in [2.24, 2.45) is 0 Å². The first-order valence-corrected chi connectivity index (χ1v) is 10.4. The van der Waals surface area contributed by atoms with E-state index in [-0.39, 0.29) is 12.5 Å². The quantitative estimate of drug-likeness (QED) is 0.522. The maximum atomic E-state index is 12.1. The molecule has 30 heavy (non-hydrogen) atoms. The number of hydrogen-bond acceptors (Lipinski definition) is 5. The van der Waals surface area contributed by atoms with Crippen molar-refractivity contribution in [3.05, 3.63) is 60.2 Å². The lowest BCUT2D eigenvalue weighted by Gasteiger charge is -2.28. The third kappa shape index (κ3) is 6.37. The second-order valence-corrected chi connectivity index (χ2v) is 7.05. The van der Waals surface area contributed by atoms with Crippen molar-refractivity contribution in [3.8, 4) is 5.75 Å². The van der Waals surface area contributed by atoms with E-state index in [2.05, 4.69) is 10.2 Å². The zero-order valence-corrected chi connectivity index (χ0v) is 17.3. The van der Waals surface area contributed by atoms with Crippen molar-refractivity contribution in [1.29, 1.82) is 0 Å². The van der Waals surface area contributed by atoms with Crippen LogP contribution in [0.1, 0.15) is 31.7 Å². The Balaban J connectivity index is 1.45. The molecule has 0 aliphatic carbocycles. The van der Waals surface area contributed by atoms with Crippen LogP contribution < -0.4 is 15.0 Å². The largest absolute Gasteiger partial charge is 0.493 e. The summed E-state index contributed by atoms with van der Waals surface area (Å²) in [4.78, 5) is 26.4. The van der Waals surface area contributed by atoms with Crippen LogP contribution in [0.15, 0.2) is 54.6 Å². The van der Waals surface area contributed by atoms with Crippen LogP contribution >= 0.6 is 0 Å². The molecule has 0 aromatic heterocycles. The summed E-state index contributed by atoms with van der Waals surface area (Å²) < 4.78 is 10.5. The number of benzene rings is 2. The van der Waals surface area contributed by atoms with Gasteiger partial charge in [-0.25, -0.2) is 4.79 Å². The molecule has 1 fully saturated rings. The Morgan fingerprint density at radius 1 is 1.03 bits per heavy atom. The first-order chi connectivity index (χ1) is 14.7. The lowest BCUT2D eigenvalue weighted by Crippen LogP contribution is -2.29. The summed E-state index contributed by atoms with van der Waals surface area (Å²) in [5.41, 5.74) is 2.61. The van der Waals surface area contributed by atoms with Crippen molar-refractivity contribution in [3.63, 3.8) is 0 Å². The third-order valence-corrected chi connectivity index (χ3v) is 4.84. The Morgan fingerprint density at radius 3 is 2.50 bits per heavy atom. The molecule has 1 aliphatic rings. The topological polar surface area (TPSA) is 67.9 Å². The minimum Gasteiger partial charge on any atom is -0.493 e. The van der Waals surface area contributed by atoms with E-state index in [0.29, 0.717) is 18.0 Å². The van der Waals surface area contributed by atoms with Crippen LogP contribution in [0, 0.1) is 0 Å². The molecular formula is C24H28N2O4. The summed E-state index contributed by atoms with van der Waals surface area (Å²) in [6.07, 6.45) is 6.63. The van der Waals surface area contributed by atoms with E-state index in [1.165, 1.54) is 25.3 Å². The molecule has 6 nitrogen and oxygen atoms in total. The predicted octanol–water partition coefficient (Wildman–Crippen LogP) is 4.27. The van der Waals surface area contributed by atoms with E-state index in [0.717, 1.165) is 24.3 Å². The SMILES string of the molecule is CCOc1ccccc1/C=C/C(=O)OCC(=O)Nc1ccc(N2CCCCC2)cc1. The minimum atomic E-state index is -0.586. The highest BCUT2D eigenvalue weighted by Crippen LogP contribution is 2.22. The molecule has 1 amide bonds. The van der Waals surface area contributed by atoms with Crippen molar-refractivity contribution in [1.82, 2.24) is 0 Å². The third-order valence-electron chi connectivity index (χ3n) is 4.84. The first-order valence-electron chi connectivity index (χ1n) is 10.4. The van der Waals surface area contributed by atoms with Gasteiger partial charge in [0.2, 0.25) is 0 Å². The predicted molar refractivity (Wildman–Crippen MR) is 119 cm³/mol. The van der Waals surface area contributed by atoms with E-state index < -0.39 is 5.97 Å². The highest BCUT2D eigenvalue weighted by Gasteiger charge is 2.11. The van der Waals surface area contributed by atoms with E-state index in [9.17, 15) is 9.59 Å². The van der Waals surface area contributed by atoms with Crippen molar-refractivity contribution in [2.75, 3.05) is 36.5 Å². The summed E-state index contributed by atoms with van der Waals surface area (Å²) in [6.45, 7) is 4.24. The van der Waals surface area contributed by atoms with Crippen molar-refractivity contribution >= 4 is 29.3 Å². The molecule has 0 bridgehead atoms. The standard InChI is InChI=1S/C24H28N2O4/c1-2-29-22-9-5-4-8-19(22)10-15-24(28)30-18-23(27)25-20-11-13-21(14-12-20)26-16-6-3-7-17-26/h4-5,8-15H,2-3,6-7,16-18H2,1H3,(H,25,27)/b15-10+. The zero-order chi connectivity index (χ0) is 21.2. The van der Waals surface area contributed by atoms with Crippen LogP contribution in [0.4, 0.5) is 11.4 Å². The molecule has 2 aromatic rings. The Kier molecular flexibility index (Phi) is 7.89. The second-order valence-electron chi connectivity index (χ2n) is 7.05. The zero-order valence-electron chi connectivity index (χ0n) is 17.3. The van der Waals surface area contributed by atoms with E-state index in [1.807, 2.05) is 55.5 Å². The molecule has 0 spiro atoms. The van der Waals surface area contributed by atoms with Gasteiger partial charge < -0.3 is 19.7 Å². The lowest BCUT2D eigenvalue weighted by molar-refractivity contribution is -0.142. The Morgan fingerprint density at radius 2 is 1.77 bits per heavy atom. The molecule has 158 valence electrons. The number of carbonyl (C=O) groups is 2. The van der Waals surface area contributed by atoms with E-state index >= 15 is 0 Å². The van der Waals surface area contributed by atoms with Gasteiger partial charge in [0, 0.05) is 36.1 Å². The molecule has 1 N–H and O–H groups in total. The molecule has 0 atom stereocenters. The van der Waals surface area contributed by atoms with Gasteiger partial charge in [0.15, 0.2) is 6.61 Å². The average molecular weight is 408 g/mol. The van der Waals surface area contributed by atoms with Gasteiger partial charge in [-0.3, -0.25) is 4.79 Å². The molecule has 1 saturated heterocycles. The highest BCUT2D eigenvalue weighted by atomic mass is 16.5. The summed E-state index contributed by atoms with van der Waals surface area (Å²) in [7, 11) is 0. The fraction of sp³-hybridized carbons (Fsp3) is 0.333. The average Bonchev–Trinajstić information content (AvgIpc) is 2.78. The van der Waals surface area contributed by atoms with Gasteiger partial charge in [-0.15, -0.1) is 0 Å². The first kappa shape index (κ1) is 21.4. The maximum Gasteiger partial charge on any atom is 0.331 e. The molecule has 0 radical (unpaired) electrons. The summed E-state index contributed by atoms with van der Waals surface area (Å²) >= 11 is 0. The molecule has 0 unspecified atom stereocenters. The number of amides is 1. The Labute approximate surface area is 177 Å². The fourth-order valence-corrected chi connectivity index (χ4v) is 3.35. The maximum absolute atomic E-state index is 12.1. The molecule has 3 rings (SSSR count). The molecule has 2 aromatic carbocycles. The monoisotopic (exact) mass is 408 g/mol. The molecule has 1 heterocycles. The minimum absolute atomic E-state index is 0.343. The summed E-state index contributed by atoms with van der Waals surface area (Å²) in [5, 5.41) is 2.75. The lowest BCUT2D eigenvalue weighted by atomic mass is 10.1. The van der Waals surface area contributed by atoms with Gasteiger partial charge in [-0.2, -0.15) is 0 Å². The van der Waals surface area contributed by atoms with Gasteiger partial charge in [-0.05, 0) is 62.6 Å². The number of nitrogens with one attached hydrogen (secondary N) is 1. The number of carbonyl (C=O) groups excluding carboxylic acids is 2. The van der Waals surface area contributed by atoms with E-state index in [4.69, 9.17) is 9.47 Å². The van der Waals surface area contributed by atoms with Gasteiger partial charge in [-0.1, -0.05) is 18.2 Å². The van der Waals surface area contributed by atoms with Crippen LogP contribution in [0.3, 0.4) is 0 Å².